The number of piperidine rings is 1. The van der Waals surface area contributed by atoms with Crippen LogP contribution in [0.2, 0.25) is 0 Å². The Kier molecular flexibility index (Phi) is 7.81. The molecular weight excluding hydrogens is 386 g/mol. The van der Waals surface area contributed by atoms with Gasteiger partial charge >= 0.3 is 0 Å². The van der Waals surface area contributed by atoms with Crippen LogP contribution in [0.25, 0.3) is 0 Å². The third-order valence-corrected chi connectivity index (χ3v) is 6.97. The molecule has 1 N–H and O–H groups in total. The molecule has 1 saturated carbocycles. The van der Waals surface area contributed by atoms with Crippen LogP contribution >= 0.6 is 0 Å². The number of benzene rings is 1. The Balaban J connectivity index is 1.46. The average Bonchev–Trinajstić information content (AvgIpc) is 2.82. The number of aromatic nitrogens is 1. The smallest absolute Gasteiger partial charge is 0.120 e. The van der Waals surface area contributed by atoms with E-state index < -0.39 is 0 Å². The molecule has 2 aromatic rings. The molecule has 168 valence electrons. The average molecular weight is 424 g/mol. The van der Waals surface area contributed by atoms with Crippen molar-refractivity contribution in [2.24, 2.45) is 5.92 Å². The summed E-state index contributed by atoms with van der Waals surface area (Å²) in [5, 5.41) is 10.5. The van der Waals surface area contributed by atoms with Crippen LogP contribution in [0, 0.1) is 5.92 Å². The van der Waals surface area contributed by atoms with Crippen molar-refractivity contribution < 1.29 is 9.84 Å². The summed E-state index contributed by atoms with van der Waals surface area (Å²) < 4.78 is 5.39. The van der Waals surface area contributed by atoms with Gasteiger partial charge in [0.15, 0.2) is 0 Å². The first kappa shape index (κ1) is 22.1. The zero-order valence-corrected chi connectivity index (χ0v) is 18.9. The normalized spacial score (nSPS) is 20.8. The van der Waals surface area contributed by atoms with E-state index in [1.165, 1.54) is 63.6 Å². The van der Waals surface area contributed by atoms with Gasteiger partial charge in [-0.1, -0.05) is 25.3 Å². The van der Waals surface area contributed by atoms with E-state index in [1.54, 1.807) is 13.2 Å². The molecule has 4 rings (SSSR count). The first-order chi connectivity index (χ1) is 15.2. The molecule has 5 nitrogen and oxygen atoms in total. The van der Waals surface area contributed by atoms with Gasteiger partial charge in [-0.05, 0) is 68.0 Å². The molecule has 31 heavy (non-hydrogen) atoms. The second-order valence-corrected chi connectivity index (χ2v) is 9.32. The first-order valence-corrected chi connectivity index (χ1v) is 11.9. The maximum absolute atomic E-state index is 10.5. The summed E-state index contributed by atoms with van der Waals surface area (Å²) in [4.78, 5) is 9.55. The molecule has 1 aliphatic carbocycles. The zero-order chi connectivity index (χ0) is 21.5. The van der Waals surface area contributed by atoms with E-state index in [0.717, 1.165) is 30.4 Å². The molecule has 0 amide bonds. The molecule has 1 unspecified atom stereocenters. The van der Waals surface area contributed by atoms with Crippen LogP contribution in [0.4, 0.5) is 0 Å². The van der Waals surface area contributed by atoms with E-state index in [-0.39, 0.29) is 0 Å². The highest BCUT2D eigenvalue weighted by atomic mass is 16.5. The third-order valence-electron chi connectivity index (χ3n) is 6.97. The quantitative estimate of drug-likeness (QED) is 0.658. The minimum Gasteiger partial charge on any atom is -0.508 e. The van der Waals surface area contributed by atoms with E-state index in [9.17, 15) is 5.11 Å². The van der Waals surface area contributed by atoms with Crippen molar-refractivity contribution in [3.8, 4) is 11.5 Å². The molecule has 0 spiro atoms. The van der Waals surface area contributed by atoms with Crippen LogP contribution in [0.1, 0.15) is 56.1 Å². The van der Waals surface area contributed by atoms with E-state index in [0.29, 0.717) is 18.2 Å². The first-order valence-electron chi connectivity index (χ1n) is 11.9. The standard InChI is InChI=1S/C26H37N3O2/c1-31-25-11-12-26(30)23(15-25)20-28(17-21-7-5-13-27-16-21)18-22-8-6-14-29(19-22)24-9-3-2-4-10-24/h5,7,11-13,15-16,22,24,30H,2-4,6,8-10,14,17-20H2,1H3. The van der Waals surface area contributed by atoms with Gasteiger partial charge in [0.2, 0.25) is 0 Å². The molecule has 1 aromatic carbocycles. The fraction of sp³-hybridized carbons (Fsp3) is 0.577. The number of phenolic OH excluding ortho intramolecular Hbond substituents is 1. The Morgan fingerprint density at radius 1 is 1.10 bits per heavy atom. The van der Waals surface area contributed by atoms with Gasteiger partial charge < -0.3 is 14.7 Å². The van der Waals surface area contributed by atoms with Gasteiger partial charge in [-0.3, -0.25) is 9.88 Å². The van der Waals surface area contributed by atoms with Crippen molar-refractivity contribution in [1.29, 1.82) is 0 Å². The molecule has 1 saturated heterocycles. The molecule has 1 aromatic heterocycles. The Hall–Kier alpha value is -2.11. The Morgan fingerprint density at radius 3 is 2.74 bits per heavy atom. The molecule has 2 fully saturated rings. The number of phenols is 1. The number of methoxy groups -OCH3 is 1. The second-order valence-electron chi connectivity index (χ2n) is 9.32. The monoisotopic (exact) mass is 423 g/mol. The predicted molar refractivity (Wildman–Crippen MR) is 124 cm³/mol. The number of nitrogens with zero attached hydrogens (tertiary/aromatic N) is 3. The lowest BCUT2D eigenvalue weighted by Crippen LogP contribution is -2.46. The molecule has 1 atom stereocenters. The second kappa shape index (κ2) is 11.0. The lowest BCUT2D eigenvalue weighted by atomic mass is 9.90. The Morgan fingerprint density at radius 2 is 1.97 bits per heavy atom. The van der Waals surface area contributed by atoms with Gasteiger partial charge in [0.05, 0.1) is 7.11 Å². The van der Waals surface area contributed by atoms with Crippen molar-refractivity contribution >= 4 is 0 Å². The number of aromatic hydroxyl groups is 1. The summed E-state index contributed by atoms with van der Waals surface area (Å²) >= 11 is 0. The van der Waals surface area contributed by atoms with Gasteiger partial charge in [0.25, 0.3) is 0 Å². The summed E-state index contributed by atoms with van der Waals surface area (Å²) in [5.41, 5.74) is 2.13. The highest BCUT2D eigenvalue weighted by molar-refractivity contribution is 5.39. The Labute approximate surface area is 187 Å². The Bertz CT molecular complexity index is 808. The third kappa shape index (κ3) is 6.20. The molecule has 2 aliphatic rings. The van der Waals surface area contributed by atoms with Crippen LogP contribution < -0.4 is 4.74 Å². The van der Waals surface area contributed by atoms with Crippen LogP contribution in [-0.4, -0.2) is 52.7 Å². The van der Waals surface area contributed by atoms with Gasteiger partial charge in [-0.2, -0.15) is 0 Å². The highest BCUT2D eigenvalue weighted by Gasteiger charge is 2.28. The van der Waals surface area contributed by atoms with Crippen LogP contribution in [0.5, 0.6) is 11.5 Å². The lowest BCUT2D eigenvalue weighted by Gasteiger charge is -2.41. The van der Waals surface area contributed by atoms with Gasteiger partial charge in [-0.15, -0.1) is 0 Å². The zero-order valence-electron chi connectivity index (χ0n) is 18.9. The molecule has 1 aliphatic heterocycles. The number of hydrogen-bond donors (Lipinski definition) is 1. The molecule has 2 heterocycles. The maximum Gasteiger partial charge on any atom is 0.120 e. The SMILES string of the molecule is COc1ccc(O)c(CN(Cc2cccnc2)CC2CCCN(C3CCCCC3)C2)c1. The summed E-state index contributed by atoms with van der Waals surface area (Å²) in [5.74, 6) is 1.79. The van der Waals surface area contributed by atoms with Gasteiger partial charge in [0.1, 0.15) is 11.5 Å². The minimum atomic E-state index is 0.337. The highest BCUT2D eigenvalue weighted by Crippen LogP contribution is 2.29. The number of likely N-dealkylation sites (tertiary alicyclic amines) is 1. The van der Waals surface area contributed by atoms with Gasteiger partial charge in [0, 0.05) is 50.2 Å². The molecule has 5 heteroatoms. The predicted octanol–water partition coefficient (Wildman–Crippen LogP) is 4.84. The van der Waals surface area contributed by atoms with Crippen LogP contribution in [0.3, 0.4) is 0 Å². The molecular formula is C26H37N3O2. The fourth-order valence-electron chi connectivity index (χ4n) is 5.38. The van der Waals surface area contributed by atoms with Crippen molar-refractivity contribution in [2.45, 2.75) is 64.1 Å². The minimum absolute atomic E-state index is 0.337. The summed E-state index contributed by atoms with van der Waals surface area (Å²) in [7, 11) is 1.67. The maximum atomic E-state index is 10.5. The lowest BCUT2D eigenvalue weighted by molar-refractivity contribution is 0.0769. The number of ether oxygens (including phenoxy) is 1. The topological polar surface area (TPSA) is 48.8 Å². The van der Waals surface area contributed by atoms with Crippen molar-refractivity contribution in [3.05, 3.63) is 53.9 Å². The van der Waals surface area contributed by atoms with Crippen molar-refractivity contribution in [1.82, 2.24) is 14.8 Å². The van der Waals surface area contributed by atoms with Gasteiger partial charge in [-0.25, -0.2) is 0 Å². The summed E-state index contributed by atoms with van der Waals surface area (Å²) in [6, 6.07) is 10.4. The summed E-state index contributed by atoms with van der Waals surface area (Å²) in [6.07, 6.45) is 13.3. The number of pyridine rings is 1. The summed E-state index contributed by atoms with van der Waals surface area (Å²) in [6.45, 7) is 5.05. The molecule has 0 radical (unpaired) electrons. The van der Waals surface area contributed by atoms with E-state index in [4.69, 9.17) is 4.74 Å². The van der Waals surface area contributed by atoms with Crippen LogP contribution in [-0.2, 0) is 13.1 Å². The fourth-order valence-corrected chi connectivity index (χ4v) is 5.38. The number of rotatable bonds is 8. The largest absolute Gasteiger partial charge is 0.508 e. The van der Waals surface area contributed by atoms with E-state index in [2.05, 4.69) is 20.9 Å². The van der Waals surface area contributed by atoms with Crippen molar-refractivity contribution in [3.63, 3.8) is 0 Å². The van der Waals surface area contributed by atoms with Crippen LogP contribution in [0.15, 0.2) is 42.7 Å². The van der Waals surface area contributed by atoms with E-state index >= 15 is 0 Å². The number of hydrogen-bond acceptors (Lipinski definition) is 5. The molecule has 0 bridgehead atoms. The van der Waals surface area contributed by atoms with E-state index in [1.807, 2.05) is 30.6 Å². The van der Waals surface area contributed by atoms with Crippen molar-refractivity contribution in [2.75, 3.05) is 26.7 Å².